The monoisotopic (exact) mass is 741 g/mol. The van der Waals surface area contributed by atoms with E-state index < -0.39 is 83.6 Å². The SMILES string of the molecule is CC(C)(O)C#Cc1ccc(-c2cccn3c(C(F)F)nnc23)c([C@H](Cc2cc(F)cc(F)c2)NC(=O)Cn2nc(C(F)F)c3c2C(F)(F)[C@@H]2C=C[C@H]32)n1. The molecule has 0 saturated heterocycles. The third-order valence-electron chi connectivity index (χ3n) is 8.89. The molecule has 5 aromatic rings. The largest absolute Gasteiger partial charge is 0.378 e. The van der Waals surface area contributed by atoms with Gasteiger partial charge in [-0.1, -0.05) is 18.1 Å². The van der Waals surface area contributed by atoms with Crippen molar-refractivity contribution in [1.82, 2.24) is 34.7 Å². The van der Waals surface area contributed by atoms with Crippen LogP contribution in [0.3, 0.4) is 0 Å². The lowest BCUT2D eigenvalue weighted by atomic mass is 9.81. The van der Waals surface area contributed by atoms with Crippen molar-refractivity contribution in [3.63, 3.8) is 0 Å². The third-order valence-corrected chi connectivity index (χ3v) is 8.89. The second-order valence-corrected chi connectivity index (χ2v) is 13.2. The standard InChI is InChI=1S/C36H27F8N7O2/c1-35(2,53)10-9-20-5-6-21(22-4-3-11-50-33(22)47-48-34(50)32(41)42)28(45-20)25(14-17-12-18(37)15-19(38)13-17)46-26(52)16-51-30-27(29(49-51)31(39)40)23-7-8-24(23)36(30,43)44/h3-8,11-13,15,23-25,31-32,53H,14,16H2,1-2H3,(H,46,52)/t23-,24+,25-/m0/s1. The van der Waals surface area contributed by atoms with Crippen LogP contribution in [-0.4, -0.2) is 46.0 Å². The summed E-state index contributed by atoms with van der Waals surface area (Å²) in [6.07, 6.45) is -2.70. The van der Waals surface area contributed by atoms with Crippen LogP contribution in [0.1, 0.15) is 78.4 Å². The van der Waals surface area contributed by atoms with E-state index in [1.165, 1.54) is 56.5 Å². The van der Waals surface area contributed by atoms with E-state index >= 15 is 8.78 Å². The first-order valence-electron chi connectivity index (χ1n) is 16.1. The summed E-state index contributed by atoms with van der Waals surface area (Å²) in [5.41, 5.74) is -3.15. The fraction of sp³-hybridized carbons (Fsp3) is 0.306. The number of rotatable bonds is 9. The number of carbonyl (C=O) groups excluding carboxylic acids is 1. The van der Waals surface area contributed by atoms with Crippen LogP contribution in [0.25, 0.3) is 16.8 Å². The van der Waals surface area contributed by atoms with E-state index in [0.717, 1.165) is 16.5 Å². The molecule has 2 aliphatic rings. The Balaban J connectivity index is 1.35. The van der Waals surface area contributed by atoms with Gasteiger partial charge in [0.2, 0.25) is 11.7 Å². The molecule has 1 amide bonds. The van der Waals surface area contributed by atoms with Gasteiger partial charge < -0.3 is 10.4 Å². The lowest BCUT2D eigenvalue weighted by Crippen LogP contribution is -2.35. The van der Waals surface area contributed by atoms with Crippen LogP contribution in [-0.2, 0) is 23.7 Å². The van der Waals surface area contributed by atoms with Crippen LogP contribution in [0.4, 0.5) is 35.1 Å². The zero-order chi connectivity index (χ0) is 38.0. The molecule has 4 aromatic heterocycles. The predicted molar refractivity (Wildman–Crippen MR) is 172 cm³/mol. The van der Waals surface area contributed by atoms with Gasteiger partial charge in [0.05, 0.1) is 17.7 Å². The van der Waals surface area contributed by atoms with Gasteiger partial charge in [0, 0.05) is 34.9 Å². The first-order valence-corrected chi connectivity index (χ1v) is 16.1. The summed E-state index contributed by atoms with van der Waals surface area (Å²) in [6.45, 7) is 1.88. The van der Waals surface area contributed by atoms with E-state index in [-0.39, 0.29) is 45.7 Å². The van der Waals surface area contributed by atoms with E-state index in [1.807, 2.05) is 0 Å². The maximum atomic E-state index is 15.5. The van der Waals surface area contributed by atoms with Crippen molar-refractivity contribution in [3.8, 4) is 23.0 Å². The molecule has 0 bridgehead atoms. The van der Waals surface area contributed by atoms with Crippen molar-refractivity contribution < 1.29 is 45.0 Å². The second kappa shape index (κ2) is 13.1. The van der Waals surface area contributed by atoms with Crippen LogP contribution >= 0.6 is 0 Å². The van der Waals surface area contributed by atoms with Crippen molar-refractivity contribution in [2.24, 2.45) is 5.92 Å². The summed E-state index contributed by atoms with van der Waals surface area (Å²) in [5, 5.41) is 24.1. The second-order valence-electron chi connectivity index (χ2n) is 13.2. The van der Waals surface area contributed by atoms with Gasteiger partial charge in [-0.3, -0.25) is 13.9 Å². The van der Waals surface area contributed by atoms with Gasteiger partial charge in [-0.25, -0.2) is 31.3 Å². The topological polar surface area (TPSA) is 110 Å². The summed E-state index contributed by atoms with van der Waals surface area (Å²) in [5.74, 6) is -4.26. The van der Waals surface area contributed by atoms with Gasteiger partial charge in [-0.15, -0.1) is 10.2 Å². The van der Waals surface area contributed by atoms with Crippen molar-refractivity contribution in [2.75, 3.05) is 0 Å². The Hall–Kier alpha value is -5.63. The summed E-state index contributed by atoms with van der Waals surface area (Å²) >= 11 is 0. The Labute approximate surface area is 295 Å². The predicted octanol–water partition coefficient (Wildman–Crippen LogP) is 6.74. The molecule has 0 radical (unpaired) electrons. The highest BCUT2D eigenvalue weighted by Gasteiger charge is 2.60. The number of pyridine rings is 2. The number of allylic oxidation sites excluding steroid dienone is 2. The Kier molecular flexibility index (Phi) is 8.84. The minimum atomic E-state index is -3.61. The van der Waals surface area contributed by atoms with E-state index in [2.05, 4.69) is 37.4 Å². The number of aromatic nitrogens is 6. The zero-order valence-electron chi connectivity index (χ0n) is 27.6. The number of hydrogen-bond acceptors (Lipinski definition) is 6. The molecule has 0 spiro atoms. The minimum absolute atomic E-state index is 0.0170. The van der Waals surface area contributed by atoms with E-state index in [4.69, 9.17) is 0 Å². The molecule has 1 aromatic carbocycles. The average molecular weight is 742 g/mol. The third kappa shape index (κ3) is 6.63. The van der Waals surface area contributed by atoms with E-state index in [9.17, 15) is 36.2 Å². The first-order chi connectivity index (χ1) is 25.0. The quantitative estimate of drug-likeness (QED) is 0.0985. The van der Waals surface area contributed by atoms with E-state index in [1.54, 1.807) is 0 Å². The molecule has 274 valence electrons. The molecular weight excluding hydrogens is 714 g/mol. The van der Waals surface area contributed by atoms with Crippen molar-refractivity contribution >= 4 is 11.6 Å². The fourth-order valence-corrected chi connectivity index (χ4v) is 6.67. The average Bonchev–Trinajstić information content (AvgIpc) is 3.68. The zero-order valence-corrected chi connectivity index (χ0v) is 27.6. The molecular formula is C36H27F8N7O2. The first kappa shape index (κ1) is 35.8. The molecule has 0 fully saturated rings. The molecule has 2 N–H and O–H groups in total. The number of fused-ring (bicyclic) bond motifs is 4. The molecule has 0 aliphatic heterocycles. The lowest BCUT2D eigenvalue weighted by Gasteiger charge is -2.27. The Morgan fingerprint density at radius 2 is 1.74 bits per heavy atom. The summed E-state index contributed by atoms with van der Waals surface area (Å²) in [6, 6.07) is 7.12. The Bertz CT molecular complexity index is 2330. The number of halogens is 8. The highest BCUT2D eigenvalue weighted by Crippen LogP contribution is 2.59. The number of aliphatic hydroxyl groups is 1. The molecule has 7 rings (SSSR count). The van der Waals surface area contributed by atoms with Gasteiger partial charge >= 0.3 is 0 Å². The van der Waals surface area contributed by atoms with Crippen LogP contribution < -0.4 is 5.32 Å². The number of nitrogens with zero attached hydrogens (tertiary/aromatic N) is 6. The molecule has 0 saturated carbocycles. The fourth-order valence-electron chi connectivity index (χ4n) is 6.67. The van der Waals surface area contributed by atoms with Gasteiger partial charge in [0.25, 0.3) is 18.8 Å². The van der Waals surface area contributed by atoms with Gasteiger partial charge in [0.15, 0.2) is 5.65 Å². The number of amides is 1. The van der Waals surface area contributed by atoms with Gasteiger partial charge in [0.1, 0.15) is 40.9 Å². The van der Waals surface area contributed by atoms with Gasteiger partial charge in [-0.2, -0.15) is 13.9 Å². The molecule has 53 heavy (non-hydrogen) atoms. The van der Waals surface area contributed by atoms with Crippen molar-refractivity contribution in [3.05, 3.63) is 112 Å². The summed E-state index contributed by atoms with van der Waals surface area (Å²) in [7, 11) is 0. The van der Waals surface area contributed by atoms with Crippen molar-refractivity contribution in [1.29, 1.82) is 0 Å². The highest BCUT2D eigenvalue weighted by atomic mass is 19.3. The Morgan fingerprint density at radius 1 is 1.00 bits per heavy atom. The molecule has 9 nitrogen and oxygen atoms in total. The normalized spacial score (nSPS) is 17.8. The van der Waals surface area contributed by atoms with E-state index in [0.29, 0.717) is 10.7 Å². The maximum Gasteiger partial charge on any atom is 0.297 e. The minimum Gasteiger partial charge on any atom is -0.378 e. The number of carbonyl (C=O) groups is 1. The lowest BCUT2D eigenvalue weighted by molar-refractivity contribution is -0.123. The molecule has 4 heterocycles. The number of benzene rings is 1. The maximum absolute atomic E-state index is 15.5. The molecule has 0 unspecified atom stereocenters. The Morgan fingerprint density at radius 3 is 2.38 bits per heavy atom. The van der Waals surface area contributed by atoms with Crippen LogP contribution in [0.5, 0.6) is 0 Å². The summed E-state index contributed by atoms with van der Waals surface area (Å²) < 4.78 is 117. The van der Waals surface area contributed by atoms with Crippen molar-refractivity contribution in [2.45, 2.75) is 63.1 Å². The van der Waals surface area contributed by atoms with Gasteiger partial charge in [-0.05, 0) is 68.2 Å². The molecule has 2 aliphatic carbocycles. The molecule has 17 heteroatoms. The van der Waals surface area contributed by atoms with Crippen LogP contribution in [0.2, 0.25) is 0 Å². The molecule has 3 atom stereocenters. The smallest absolute Gasteiger partial charge is 0.297 e. The number of alkyl halides is 6. The highest BCUT2D eigenvalue weighted by molar-refractivity contribution is 5.81. The summed E-state index contributed by atoms with van der Waals surface area (Å²) in [4.78, 5) is 18.4. The van der Waals surface area contributed by atoms with Crippen LogP contribution in [0.15, 0.2) is 60.8 Å². The van der Waals surface area contributed by atoms with Crippen LogP contribution in [0, 0.1) is 29.4 Å². The number of hydrogen-bond donors (Lipinski definition) is 2. The number of nitrogens with one attached hydrogen (secondary N) is 1.